The molecule has 0 saturated heterocycles. The number of benzene rings is 2. The van der Waals surface area contributed by atoms with Gasteiger partial charge in [0.05, 0.1) is 0 Å². The van der Waals surface area contributed by atoms with Gasteiger partial charge in [-0.2, -0.15) is 13.2 Å². The molecule has 0 fully saturated rings. The average Bonchev–Trinajstić information content (AvgIpc) is 2.53. The summed E-state index contributed by atoms with van der Waals surface area (Å²) in [6, 6.07) is 15.0. The van der Waals surface area contributed by atoms with Crippen molar-refractivity contribution in [1.29, 1.82) is 0 Å². The molecule has 0 aliphatic carbocycles. The van der Waals surface area contributed by atoms with Crippen LogP contribution in [0.25, 0.3) is 0 Å². The van der Waals surface area contributed by atoms with E-state index >= 15 is 0 Å². The van der Waals surface area contributed by atoms with Gasteiger partial charge in [-0.3, -0.25) is 4.79 Å². The van der Waals surface area contributed by atoms with E-state index < -0.39 is 18.1 Å². The summed E-state index contributed by atoms with van der Waals surface area (Å²) < 4.78 is 39.4. The van der Waals surface area contributed by atoms with Gasteiger partial charge in [0.15, 0.2) is 6.04 Å². The molecule has 0 aliphatic rings. The summed E-state index contributed by atoms with van der Waals surface area (Å²) in [7, 11) is 0. The highest BCUT2D eigenvalue weighted by Crippen LogP contribution is 2.32. The van der Waals surface area contributed by atoms with Crippen molar-refractivity contribution < 1.29 is 18.0 Å². The van der Waals surface area contributed by atoms with Crippen LogP contribution < -0.4 is 5.32 Å². The lowest BCUT2D eigenvalue weighted by molar-refractivity contribution is -0.163. The van der Waals surface area contributed by atoms with Crippen LogP contribution in [0, 0.1) is 0 Å². The lowest BCUT2D eigenvalue weighted by Crippen LogP contribution is -2.38. The van der Waals surface area contributed by atoms with E-state index in [-0.39, 0.29) is 12.0 Å². The molecule has 0 heterocycles. The Morgan fingerprint density at radius 3 is 2.09 bits per heavy atom. The van der Waals surface area contributed by atoms with Crippen LogP contribution in [0.3, 0.4) is 0 Å². The molecule has 1 amide bonds. The molecular formula is C18H18F3NO. The topological polar surface area (TPSA) is 29.1 Å². The van der Waals surface area contributed by atoms with Crippen molar-refractivity contribution in [2.45, 2.75) is 31.5 Å². The molecule has 0 radical (unpaired) electrons. The number of carbonyl (C=O) groups is 1. The molecule has 0 spiro atoms. The summed E-state index contributed by atoms with van der Waals surface area (Å²) in [5.74, 6) is -0.591. The second-order valence-electron chi connectivity index (χ2n) is 5.29. The van der Waals surface area contributed by atoms with E-state index in [2.05, 4.69) is 5.32 Å². The molecule has 0 saturated carbocycles. The van der Waals surface area contributed by atoms with Gasteiger partial charge in [0, 0.05) is 6.42 Å². The summed E-state index contributed by atoms with van der Waals surface area (Å²) in [6.07, 6.45) is -3.28. The average molecular weight is 321 g/mol. The second kappa shape index (κ2) is 7.81. The van der Waals surface area contributed by atoms with Crippen LogP contribution in [0.1, 0.15) is 30.0 Å². The minimum absolute atomic E-state index is 0.0383. The van der Waals surface area contributed by atoms with Crippen LogP contribution >= 0.6 is 0 Å². The number of hydrogen-bond donors (Lipinski definition) is 1. The van der Waals surface area contributed by atoms with Crippen molar-refractivity contribution in [2.75, 3.05) is 0 Å². The summed E-state index contributed by atoms with van der Waals surface area (Å²) in [6.45, 7) is 0. The molecule has 1 atom stereocenters. The quantitative estimate of drug-likeness (QED) is 0.838. The highest BCUT2D eigenvalue weighted by molar-refractivity contribution is 5.76. The van der Waals surface area contributed by atoms with Crippen LogP contribution in [0.5, 0.6) is 0 Å². The Labute approximate surface area is 133 Å². The Hall–Kier alpha value is -2.30. The highest BCUT2D eigenvalue weighted by Gasteiger charge is 2.41. The van der Waals surface area contributed by atoms with E-state index in [1.54, 1.807) is 6.07 Å². The molecule has 23 heavy (non-hydrogen) atoms. The van der Waals surface area contributed by atoms with Gasteiger partial charge in [0.25, 0.3) is 0 Å². The van der Waals surface area contributed by atoms with Crippen molar-refractivity contribution in [2.24, 2.45) is 0 Å². The predicted octanol–water partition coefficient (Wildman–Crippen LogP) is 4.43. The molecule has 0 aromatic heterocycles. The Kier molecular flexibility index (Phi) is 5.79. The molecule has 0 bridgehead atoms. The van der Waals surface area contributed by atoms with Crippen LogP contribution in [0.15, 0.2) is 60.7 Å². The first kappa shape index (κ1) is 17.1. The first-order valence-corrected chi connectivity index (χ1v) is 7.42. The van der Waals surface area contributed by atoms with E-state index in [0.29, 0.717) is 12.8 Å². The Morgan fingerprint density at radius 2 is 1.52 bits per heavy atom. The van der Waals surface area contributed by atoms with Gasteiger partial charge >= 0.3 is 6.18 Å². The minimum Gasteiger partial charge on any atom is -0.341 e. The van der Waals surface area contributed by atoms with Gasteiger partial charge in [0.2, 0.25) is 5.91 Å². The molecule has 1 N–H and O–H groups in total. The predicted molar refractivity (Wildman–Crippen MR) is 82.8 cm³/mol. The van der Waals surface area contributed by atoms with Crippen molar-refractivity contribution in [1.82, 2.24) is 5.32 Å². The zero-order valence-corrected chi connectivity index (χ0v) is 12.5. The number of nitrogens with one attached hydrogen (secondary N) is 1. The third kappa shape index (κ3) is 5.43. The maximum Gasteiger partial charge on any atom is 0.412 e. The molecule has 2 rings (SSSR count). The fraction of sp³-hybridized carbons (Fsp3) is 0.278. The SMILES string of the molecule is O=C(CCCc1ccccc1)NC(c1ccccc1)C(F)(F)F. The summed E-state index contributed by atoms with van der Waals surface area (Å²) >= 11 is 0. The van der Waals surface area contributed by atoms with Crippen molar-refractivity contribution in [3.63, 3.8) is 0 Å². The third-order valence-electron chi connectivity index (χ3n) is 3.48. The zero-order chi connectivity index (χ0) is 16.7. The lowest BCUT2D eigenvalue weighted by Gasteiger charge is -2.22. The Balaban J connectivity index is 1.91. The molecule has 122 valence electrons. The molecule has 2 nitrogen and oxygen atoms in total. The molecule has 2 aromatic carbocycles. The van der Waals surface area contributed by atoms with Crippen molar-refractivity contribution in [3.8, 4) is 0 Å². The molecule has 1 unspecified atom stereocenters. The number of amides is 1. The van der Waals surface area contributed by atoms with Crippen molar-refractivity contribution in [3.05, 3.63) is 71.8 Å². The molecule has 2 aromatic rings. The van der Waals surface area contributed by atoms with Gasteiger partial charge in [0.1, 0.15) is 0 Å². The van der Waals surface area contributed by atoms with Crippen LogP contribution in [-0.4, -0.2) is 12.1 Å². The maximum absolute atomic E-state index is 13.1. The Morgan fingerprint density at radius 1 is 0.957 bits per heavy atom. The van der Waals surface area contributed by atoms with Gasteiger partial charge in [-0.05, 0) is 24.0 Å². The maximum atomic E-state index is 13.1. The zero-order valence-electron chi connectivity index (χ0n) is 12.5. The van der Waals surface area contributed by atoms with Crippen LogP contribution in [0.4, 0.5) is 13.2 Å². The number of carbonyl (C=O) groups excluding carboxylic acids is 1. The van der Waals surface area contributed by atoms with Crippen molar-refractivity contribution >= 4 is 5.91 Å². The lowest BCUT2D eigenvalue weighted by atomic mass is 10.1. The fourth-order valence-corrected chi connectivity index (χ4v) is 2.33. The monoisotopic (exact) mass is 321 g/mol. The number of aryl methyl sites for hydroxylation is 1. The minimum atomic E-state index is -4.52. The fourth-order valence-electron chi connectivity index (χ4n) is 2.33. The highest BCUT2D eigenvalue weighted by atomic mass is 19.4. The number of halogens is 3. The molecular weight excluding hydrogens is 303 g/mol. The van der Waals surface area contributed by atoms with E-state index in [9.17, 15) is 18.0 Å². The number of hydrogen-bond acceptors (Lipinski definition) is 1. The van der Waals surface area contributed by atoms with Crippen LogP contribution in [-0.2, 0) is 11.2 Å². The van der Waals surface area contributed by atoms with E-state index in [1.165, 1.54) is 24.3 Å². The van der Waals surface area contributed by atoms with Gasteiger partial charge in [-0.15, -0.1) is 0 Å². The van der Waals surface area contributed by atoms with Gasteiger partial charge < -0.3 is 5.32 Å². The van der Waals surface area contributed by atoms with Gasteiger partial charge in [-0.1, -0.05) is 60.7 Å². The summed E-state index contributed by atoms with van der Waals surface area (Å²) in [5, 5.41) is 2.10. The molecule has 0 aliphatic heterocycles. The third-order valence-corrected chi connectivity index (χ3v) is 3.48. The first-order valence-electron chi connectivity index (χ1n) is 7.42. The normalized spacial score (nSPS) is 12.7. The van der Waals surface area contributed by atoms with Crippen LogP contribution in [0.2, 0.25) is 0 Å². The number of alkyl halides is 3. The summed E-state index contributed by atoms with van der Waals surface area (Å²) in [4.78, 5) is 11.9. The number of rotatable bonds is 6. The van der Waals surface area contributed by atoms with E-state index in [0.717, 1.165) is 5.56 Å². The van der Waals surface area contributed by atoms with E-state index in [1.807, 2.05) is 30.3 Å². The largest absolute Gasteiger partial charge is 0.412 e. The second-order valence-corrected chi connectivity index (χ2v) is 5.29. The summed E-state index contributed by atoms with van der Waals surface area (Å²) in [5.41, 5.74) is 1.10. The first-order chi connectivity index (χ1) is 11.0. The smallest absolute Gasteiger partial charge is 0.341 e. The Bertz CT molecular complexity index is 611. The van der Waals surface area contributed by atoms with Gasteiger partial charge in [-0.25, -0.2) is 0 Å². The molecule has 5 heteroatoms. The van der Waals surface area contributed by atoms with E-state index in [4.69, 9.17) is 0 Å². The standard InChI is InChI=1S/C18H18F3NO/c19-18(20,21)17(15-11-5-2-6-12-15)22-16(23)13-7-10-14-8-3-1-4-9-14/h1-6,8-9,11-12,17H,7,10,13H2,(H,22,23).